The molecule has 1 saturated heterocycles. The molecule has 0 spiro atoms. The molecule has 0 N–H and O–H groups in total. The number of likely N-dealkylation sites (tertiary alicyclic amines) is 1. The number of rotatable bonds is 2. The number of nitriles is 1. The van der Waals surface area contributed by atoms with Gasteiger partial charge >= 0.3 is 0 Å². The van der Waals surface area contributed by atoms with Crippen LogP contribution in [0.15, 0.2) is 0 Å². The summed E-state index contributed by atoms with van der Waals surface area (Å²) in [6.45, 7) is 7.39. The molecule has 0 amide bonds. The van der Waals surface area contributed by atoms with Crippen LogP contribution in [0.1, 0.15) is 20.3 Å². The summed E-state index contributed by atoms with van der Waals surface area (Å²) in [4.78, 5) is 2.24. The molecule has 1 aliphatic heterocycles. The Bertz CT molecular complexity index is 157. The van der Waals surface area contributed by atoms with Gasteiger partial charge in [0.25, 0.3) is 0 Å². The zero-order valence-electron chi connectivity index (χ0n) is 7.38. The third kappa shape index (κ3) is 2.20. The summed E-state index contributed by atoms with van der Waals surface area (Å²) in [5.41, 5.74) is 0. The van der Waals surface area contributed by atoms with E-state index in [1.165, 1.54) is 6.42 Å². The molecule has 1 atom stereocenters. The van der Waals surface area contributed by atoms with Gasteiger partial charge in [0, 0.05) is 6.54 Å². The summed E-state index contributed by atoms with van der Waals surface area (Å²) >= 11 is 0. The number of hydrogen-bond acceptors (Lipinski definition) is 2. The van der Waals surface area contributed by atoms with E-state index in [2.05, 4.69) is 24.8 Å². The first-order valence-electron chi connectivity index (χ1n) is 4.33. The van der Waals surface area contributed by atoms with E-state index in [0.29, 0.717) is 6.54 Å². The van der Waals surface area contributed by atoms with Crippen LogP contribution in [-0.2, 0) is 0 Å². The van der Waals surface area contributed by atoms with E-state index < -0.39 is 0 Å². The first-order chi connectivity index (χ1) is 5.24. The summed E-state index contributed by atoms with van der Waals surface area (Å²) in [6.07, 6.45) is 1.28. The van der Waals surface area contributed by atoms with Crippen molar-refractivity contribution in [1.29, 1.82) is 5.26 Å². The van der Waals surface area contributed by atoms with Crippen LogP contribution in [0.25, 0.3) is 0 Å². The molecule has 0 radical (unpaired) electrons. The minimum Gasteiger partial charge on any atom is -0.290 e. The maximum absolute atomic E-state index is 8.46. The number of nitrogens with zero attached hydrogens (tertiary/aromatic N) is 2. The zero-order valence-corrected chi connectivity index (χ0v) is 7.38. The van der Waals surface area contributed by atoms with Gasteiger partial charge in [-0.1, -0.05) is 13.8 Å². The fraction of sp³-hybridized carbons (Fsp3) is 0.889. The second kappa shape index (κ2) is 3.73. The average molecular weight is 152 g/mol. The largest absolute Gasteiger partial charge is 0.290 e. The van der Waals surface area contributed by atoms with Crippen LogP contribution >= 0.6 is 0 Å². The summed E-state index contributed by atoms with van der Waals surface area (Å²) in [5, 5.41) is 8.46. The van der Waals surface area contributed by atoms with Gasteiger partial charge in [-0.15, -0.1) is 0 Å². The molecule has 1 fully saturated rings. The molecule has 0 aromatic rings. The fourth-order valence-corrected chi connectivity index (χ4v) is 1.65. The lowest BCUT2D eigenvalue weighted by atomic mass is 9.95. The van der Waals surface area contributed by atoms with Crippen LogP contribution in [0.5, 0.6) is 0 Å². The molecule has 0 bridgehead atoms. The molecular formula is C9H16N2. The Balaban J connectivity index is 2.30. The van der Waals surface area contributed by atoms with Crippen molar-refractivity contribution in [3.63, 3.8) is 0 Å². The van der Waals surface area contributed by atoms with E-state index in [1.54, 1.807) is 0 Å². The highest BCUT2D eigenvalue weighted by atomic mass is 15.1. The quantitative estimate of drug-likeness (QED) is 0.560. The second-order valence-electron chi connectivity index (χ2n) is 3.69. The molecule has 2 nitrogen and oxygen atoms in total. The predicted molar refractivity (Wildman–Crippen MR) is 45.0 cm³/mol. The Morgan fingerprint density at radius 2 is 2.36 bits per heavy atom. The van der Waals surface area contributed by atoms with E-state index >= 15 is 0 Å². The van der Waals surface area contributed by atoms with Crippen molar-refractivity contribution in [2.75, 3.05) is 19.6 Å². The average Bonchev–Trinajstić information content (AvgIpc) is 2.37. The van der Waals surface area contributed by atoms with Gasteiger partial charge in [0.2, 0.25) is 0 Å². The number of hydrogen-bond donors (Lipinski definition) is 0. The molecule has 0 aromatic heterocycles. The molecule has 1 unspecified atom stereocenters. The van der Waals surface area contributed by atoms with Gasteiger partial charge in [-0.3, -0.25) is 4.90 Å². The van der Waals surface area contributed by atoms with Crippen molar-refractivity contribution >= 4 is 0 Å². The van der Waals surface area contributed by atoms with Crippen LogP contribution in [0, 0.1) is 23.2 Å². The highest BCUT2D eigenvalue weighted by molar-refractivity contribution is 4.84. The monoisotopic (exact) mass is 152 g/mol. The van der Waals surface area contributed by atoms with Gasteiger partial charge < -0.3 is 0 Å². The van der Waals surface area contributed by atoms with Gasteiger partial charge in [0.05, 0.1) is 12.6 Å². The van der Waals surface area contributed by atoms with Gasteiger partial charge in [-0.25, -0.2) is 0 Å². The van der Waals surface area contributed by atoms with Gasteiger partial charge in [-0.2, -0.15) is 5.26 Å². The molecular weight excluding hydrogens is 136 g/mol. The molecule has 62 valence electrons. The molecule has 0 saturated carbocycles. The molecule has 1 heterocycles. The predicted octanol–water partition coefficient (Wildman–Crippen LogP) is 1.49. The zero-order chi connectivity index (χ0) is 8.27. The Labute approximate surface area is 68.8 Å². The van der Waals surface area contributed by atoms with Crippen molar-refractivity contribution in [3.8, 4) is 6.07 Å². The van der Waals surface area contributed by atoms with Crippen LogP contribution in [0.3, 0.4) is 0 Å². The lowest BCUT2D eigenvalue weighted by Gasteiger charge is -2.14. The van der Waals surface area contributed by atoms with Crippen molar-refractivity contribution in [2.45, 2.75) is 20.3 Å². The topological polar surface area (TPSA) is 27.0 Å². The minimum atomic E-state index is 0.614. The Hall–Kier alpha value is -0.550. The van der Waals surface area contributed by atoms with Crippen LogP contribution in [-0.4, -0.2) is 24.5 Å². The molecule has 2 heteroatoms. The maximum Gasteiger partial charge on any atom is 0.0866 e. The van der Waals surface area contributed by atoms with Crippen LogP contribution in [0.4, 0.5) is 0 Å². The van der Waals surface area contributed by atoms with Crippen molar-refractivity contribution in [3.05, 3.63) is 0 Å². The van der Waals surface area contributed by atoms with Crippen molar-refractivity contribution < 1.29 is 0 Å². The van der Waals surface area contributed by atoms with Gasteiger partial charge in [0.1, 0.15) is 0 Å². The smallest absolute Gasteiger partial charge is 0.0866 e. The Morgan fingerprint density at radius 3 is 2.82 bits per heavy atom. The lowest BCUT2D eigenvalue weighted by Crippen LogP contribution is -2.22. The third-order valence-electron chi connectivity index (χ3n) is 2.55. The van der Waals surface area contributed by atoms with E-state index in [9.17, 15) is 0 Å². The van der Waals surface area contributed by atoms with Crippen LogP contribution < -0.4 is 0 Å². The highest BCUT2D eigenvalue weighted by Gasteiger charge is 2.23. The van der Waals surface area contributed by atoms with E-state index in [1.807, 2.05) is 0 Å². The van der Waals surface area contributed by atoms with E-state index in [-0.39, 0.29) is 0 Å². The van der Waals surface area contributed by atoms with E-state index in [0.717, 1.165) is 24.9 Å². The fourth-order valence-electron chi connectivity index (χ4n) is 1.65. The summed E-state index contributed by atoms with van der Waals surface area (Å²) in [6, 6.07) is 2.20. The maximum atomic E-state index is 8.46. The highest BCUT2D eigenvalue weighted by Crippen LogP contribution is 2.22. The summed E-state index contributed by atoms with van der Waals surface area (Å²) in [7, 11) is 0. The SMILES string of the molecule is CC(C)C1CCN(CC#N)C1. The molecule has 0 aliphatic carbocycles. The molecule has 0 aromatic carbocycles. The first-order valence-corrected chi connectivity index (χ1v) is 4.33. The standard InChI is InChI=1S/C9H16N2/c1-8(2)9-3-5-11(7-9)6-4-10/h8-9H,3,5-7H2,1-2H3. The third-order valence-corrected chi connectivity index (χ3v) is 2.55. The molecule has 11 heavy (non-hydrogen) atoms. The second-order valence-corrected chi connectivity index (χ2v) is 3.69. The summed E-state index contributed by atoms with van der Waals surface area (Å²) < 4.78 is 0. The van der Waals surface area contributed by atoms with E-state index in [4.69, 9.17) is 5.26 Å². The molecule has 1 aliphatic rings. The van der Waals surface area contributed by atoms with Gasteiger partial charge in [0.15, 0.2) is 0 Å². The van der Waals surface area contributed by atoms with Crippen molar-refractivity contribution in [2.24, 2.45) is 11.8 Å². The Kier molecular flexibility index (Phi) is 2.90. The normalized spacial score (nSPS) is 25.8. The van der Waals surface area contributed by atoms with Gasteiger partial charge in [-0.05, 0) is 24.8 Å². The lowest BCUT2D eigenvalue weighted by molar-refractivity contribution is 0.331. The first kappa shape index (κ1) is 8.55. The van der Waals surface area contributed by atoms with Crippen LogP contribution in [0.2, 0.25) is 0 Å². The Morgan fingerprint density at radius 1 is 1.64 bits per heavy atom. The summed E-state index contributed by atoms with van der Waals surface area (Å²) in [5.74, 6) is 1.60. The van der Waals surface area contributed by atoms with Crippen molar-refractivity contribution in [1.82, 2.24) is 4.90 Å². The minimum absolute atomic E-state index is 0.614. The molecule has 1 rings (SSSR count).